The summed E-state index contributed by atoms with van der Waals surface area (Å²) in [4.78, 5) is 4.20. The van der Waals surface area contributed by atoms with E-state index >= 15 is 0 Å². The third-order valence-corrected chi connectivity index (χ3v) is 2.82. The minimum absolute atomic E-state index is 0.397. The predicted octanol–water partition coefficient (Wildman–Crippen LogP) is 4.23. The van der Waals surface area contributed by atoms with E-state index in [1.807, 2.05) is 31.2 Å². The van der Waals surface area contributed by atoms with Crippen molar-refractivity contribution in [2.24, 2.45) is 0 Å². The van der Waals surface area contributed by atoms with E-state index in [2.05, 4.69) is 18.0 Å². The molecular weight excluding hydrogens is 234 g/mol. The molecule has 0 saturated heterocycles. The SMILES string of the molecule is Cc1ccc(Oc2ncccc2CCl)c(C)c1. The number of alkyl halides is 1. The second kappa shape index (κ2) is 5.19. The van der Waals surface area contributed by atoms with Gasteiger partial charge in [0.25, 0.3) is 0 Å². The van der Waals surface area contributed by atoms with Crippen molar-refractivity contribution in [3.05, 3.63) is 53.2 Å². The lowest BCUT2D eigenvalue weighted by atomic mass is 10.1. The average Bonchev–Trinajstić information content (AvgIpc) is 2.33. The second-order valence-electron chi connectivity index (χ2n) is 3.97. The molecule has 1 aromatic heterocycles. The van der Waals surface area contributed by atoms with Gasteiger partial charge < -0.3 is 4.74 Å². The van der Waals surface area contributed by atoms with E-state index in [-0.39, 0.29) is 0 Å². The standard InChI is InChI=1S/C14H14ClNO/c1-10-5-6-13(11(2)8-10)17-14-12(9-15)4-3-7-16-14/h3-8H,9H2,1-2H3. The molecule has 0 amide bonds. The van der Waals surface area contributed by atoms with Crippen LogP contribution in [0.3, 0.4) is 0 Å². The van der Waals surface area contributed by atoms with Gasteiger partial charge in [-0.05, 0) is 31.5 Å². The largest absolute Gasteiger partial charge is 0.438 e. The molecule has 0 N–H and O–H groups in total. The van der Waals surface area contributed by atoms with Gasteiger partial charge in [-0.25, -0.2) is 4.98 Å². The van der Waals surface area contributed by atoms with Crippen molar-refractivity contribution in [3.8, 4) is 11.6 Å². The molecule has 1 heterocycles. The maximum absolute atomic E-state index is 5.84. The van der Waals surface area contributed by atoms with Crippen molar-refractivity contribution in [1.82, 2.24) is 4.98 Å². The molecule has 0 atom stereocenters. The summed E-state index contributed by atoms with van der Waals surface area (Å²) < 4.78 is 5.79. The Morgan fingerprint density at radius 1 is 1.24 bits per heavy atom. The molecule has 3 heteroatoms. The number of nitrogens with zero attached hydrogens (tertiary/aromatic N) is 1. The lowest BCUT2D eigenvalue weighted by Crippen LogP contribution is -1.94. The van der Waals surface area contributed by atoms with E-state index in [4.69, 9.17) is 16.3 Å². The third kappa shape index (κ3) is 2.77. The summed E-state index contributed by atoms with van der Waals surface area (Å²) in [5.41, 5.74) is 3.21. The van der Waals surface area contributed by atoms with E-state index in [1.54, 1.807) is 6.20 Å². The number of hydrogen-bond donors (Lipinski definition) is 0. The van der Waals surface area contributed by atoms with Crippen LogP contribution < -0.4 is 4.74 Å². The van der Waals surface area contributed by atoms with E-state index in [0.717, 1.165) is 16.9 Å². The number of halogens is 1. The molecule has 0 radical (unpaired) electrons. The summed E-state index contributed by atoms with van der Waals surface area (Å²) in [6, 6.07) is 9.83. The lowest BCUT2D eigenvalue weighted by molar-refractivity contribution is 0.455. The summed E-state index contributed by atoms with van der Waals surface area (Å²) in [6.45, 7) is 4.08. The van der Waals surface area contributed by atoms with Crippen LogP contribution in [0.25, 0.3) is 0 Å². The van der Waals surface area contributed by atoms with Crippen LogP contribution in [0.5, 0.6) is 11.6 Å². The molecule has 0 spiro atoms. The summed E-state index contributed by atoms with van der Waals surface area (Å²) >= 11 is 5.84. The maximum Gasteiger partial charge on any atom is 0.223 e. The van der Waals surface area contributed by atoms with E-state index in [1.165, 1.54) is 5.56 Å². The van der Waals surface area contributed by atoms with Crippen LogP contribution in [-0.4, -0.2) is 4.98 Å². The highest BCUT2D eigenvalue weighted by atomic mass is 35.5. The molecule has 0 unspecified atom stereocenters. The Morgan fingerprint density at radius 3 is 2.76 bits per heavy atom. The quantitative estimate of drug-likeness (QED) is 0.758. The van der Waals surface area contributed by atoms with Crippen molar-refractivity contribution < 1.29 is 4.74 Å². The van der Waals surface area contributed by atoms with Gasteiger partial charge in [-0.3, -0.25) is 0 Å². The molecule has 1 aromatic carbocycles. The van der Waals surface area contributed by atoms with Crippen LogP contribution in [0.2, 0.25) is 0 Å². The molecule has 2 rings (SSSR count). The fraction of sp³-hybridized carbons (Fsp3) is 0.214. The van der Waals surface area contributed by atoms with E-state index < -0.39 is 0 Å². The highest BCUT2D eigenvalue weighted by Crippen LogP contribution is 2.27. The molecule has 2 nitrogen and oxygen atoms in total. The van der Waals surface area contributed by atoms with Crippen molar-refractivity contribution in [1.29, 1.82) is 0 Å². The van der Waals surface area contributed by atoms with Crippen LogP contribution in [0.1, 0.15) is 16.7 Å². The molecule has 17 heavy (non-hydrogen) atoms. The number of aromatic nitrogens is 1. The zero-order valence-corrected chi connectivity index (χ0v) is 10.7. The predicted molar refractivity (Wildman–Crippen MR) is 69.8 cm³/mol. The van der Waals surface area contributed by atoms with Crippen LogP contribution in [0, 0.1) is 13.8 Å². The number of pyridine rings is 1. The lowest BCUT2D eigenvalue weighted by Gasteiger charge is -2.10. The first kappa shape index (κ1) is 11.9. The number of benzene rings is 1. The Bertz CT molecular complexity index is 525. The highest BCUT2D eigenvalue weighted by Gasteiger charge is 2.06. The molecule has 0 aliphatic heterocycles. The summed E-state index contributed by atoms with van der Waals surface area (Å²) in [5, 5.41) is 0. The zero-order chi connectivity index (χ0) is 12.3. The van der Waals surface area contributed by atoms with Crippen LogP contribution >= 0.6 is 11.6 Å². The van der Waals surface area contributed by atoms with Gasteiger partial charge in [0.15, 0.2) is 0 Å². The molecule has 88 valence electrons. The third-order valence-electron chi connectivity index (χ3n) is 2.53. The molecule has 0 aliphatic carbocycles. The minimum atomic E-state index is 0.397. The number of ether oxygens (including phenoxy) is 1. The smallest absolute Gasteiger partial charge is 0.223 e. The first-order valence-electron chi connectivity index (χ1n) is 5.45. The van der Waals surface area contributed by atoms with Crippen LogP contribution in [-0.2, 0) is 5.88 Å². The maximum atomic E-state index is 5.84. The Morgan fingerprint density at radius 2 is 2.06 bits per heavy atom. The first-order chi connectivity index (χ1) is 8.20. The van der Waals surface area contributed by atoms with Crippen LogP contribution in [0.4, 0.5) is 0 Å². The summed E-state index contributed by atoms with van der Waals surface area (Å²) in [5.74, 6) is 1.80. The Balaban J connectivity index is 2.31. The molecule has 0 aliphatic rings. The summed E-state index contributed by atoms with van der Waals surface area (Å²) in [7, 11) is 0. The van der Waals surface area contributed by atoms with Crippen molar-refractivity contribution in [2.45, 2.75) is 19.7 Å². The van der Waals surface area contributed by atoms with Gasteiger partial charge in [0.1, 0.15) is 5.75 Å². The highest BCUT2D eigenvalue weighted by molar-refractivity contribution is 6.17. The van der Waals surface area contributed by atoms with Gasteiger partial charge in [0.2, 0.25) is 5.88 Å². The van der Waals surface area contributed by atoms with Gasteiger partial charge in [0.05, 0.1) is 5.88 Å². The topological polar surface area (TPSA) is 22.1 Å². The van der Waals surface area contributed by atoms with Crippen LogP contribution in [0.15, 0.2) is 36.5 Å². The molecule has 0 saturated carbocycles. The zero-order valence-electron chi connectivity index (χ0n) is 9.90. The Labute approximate surface area is 106 Å². The fourth-order valence-electron chi connectivity index (χ4n) is 1.64. The van der Waals surface area contributed by atoms with Gasteiger partial charge in [-0.2, -0.15) is 0 Å². The van der Waals surface area contributed by atoms with Gasteiger partial charge in [0, 0.05) is 11.8 Å². The first-order valence-corrected chi connectivity index (χ1v) is 5.99. The van der Waals surface area contributed by atoms with Gasteiger partial charge in [-0.15, -0.1) is 11.6 Å². The van der Waals surface area contributed by atoms with Gasteiger partial charge >= 0.3 is 0 Å². The number of aryl methyl sites for hydroxylation is 2. The van der Waals surface area contributed by atoms with Crippen molar-refractivity contribution >= 4 is 11.6 Å². The van der Waals surface area contributed by atoms with Crippen molar-refractivity contribution in [3.63, 3.8) is 0 Å². The monoisotopic (exact) mass is 247 g/mol. The second-order valence-corrected chi connectivity index (χ2v) is 4.24. The number of rotatable bonds is 3. The molecule has 0 bridgehead atoms. The molecule has 2 aromatic rings. The molecule has 0 fully saturated rings. The molecular formula is C14H14ClNO. The Hall–Kier alpha value is -1.54. The minimum Gasteiger partial charge on any atom is -0.438 e. The normalized spacial score (nSPS) is 10.3. The fourth-order valence-corrected chi connectivity index (χ4v) is 1.84. The Kier molecular flexibility index (Phi) is 3.64. The number of hydrogen-bond acceptors (Lipinski definition) is 2. The van der Waals surface area contributed by atoms with E-state index in [0.29, 0.717) is 11.8 Å². The summed E-state index contributed by atoms with van der Waals surface area (Å²) in [6.07, 6.45) is 1.70. The van der Waals surface area contributed by atoms with Gasteiger partial charge in [-0.1, -0.05) is 23.8 Å². The average molecular weight is 248 g/mol. The van der Waals surface area contributed by atoms with E-state index in [9.17, 15) is 0 Å². The van der Waals surface area contributed by atoms with Crippen molar-refractivity contribution in [2.75, 3.05) is 0 Å².